The molecule has 3 aliphatic heterocycles. The first-order chi connectivity index (χ1) is 16.2. The number of benzene rings is 1. The summed E-state index contributed by atoms with van der Waals surface area (Å²) in [7, 11) is 0. The molecule has 7 nitrogen and oxygen atoms in total. The van der Waals surface area contributed by atoms with E-state index in [9.17, 15) is 14.4 Å². The van der Waals surface area contributed by atoms with E-state index < -0.39 is 12.1 Å². The van der Waals surface area contributed by atoms with Crippen LogP contribution in [0.3, 0.4) is 0 Å². The zero-order valence-electron chi connectivity index (χ0n) is 21.0. The second kappa shape index (κ2) is 10.2. The molecule has 1 aromatic rings. The highest BCUT2D eigenvalue weighted by molar-refractivity contribution is 5.99. The van der Waals surface area contributed by atoms with Crippen molar-refractivity contribution in [3.8, 4) is 0 Å². The highest BCUT2D eigenvalue weighted by Gasteiger charge is 2.48. The maximum Gasteiger partial charge on any atom is 0.251 e. The highest BCUT2D eigenvalue weighted by atomic mass is 16.5. The van der Waals surface area contributed by atoms with Gasteiger partial charge < -0.3 is 19.9 Å². The van der Waals surface area contributed by atoms with Gasteiger partial charge in [0.2, 0.25) is 5.91 Å². The maximum absolute atomic E-state index is 13.5. The third-order valence-electron chi connectivity index (χ3n) is 7.49. The summed E-state index contributed by atoms with van der Waals surface area (Å²) in [5.41, 5.74) is 1.67. The number of rotatable bonds is 6. The average Bonchev–Trinajstić information content (AvgIpc) is 3.40. The number of ketones is 1. The van der Waals surface area contributed by atoms with Crippen LogP contribution in [0.15, 0.2) is 24.3 Å². The van der Waals surface area contributed by atoms with E-state index in [1.54, 1.807) is 4.90 Å². The second-order valence-electron chi connectivity index (χ2n) is 11.2. The Morgan fingerprint density at radius 2 is 1.76 bits per heavy atom. The number of hydrogen-bond donors (Lipinski definition) is 1. The topological polar surface area (TPSA) is 79.0 Å². The fourth-order valence-corrected chi connectivity index (χ4v) is 5.58. The Hall–Kier alpha value is -2.25. The van der Waals surface area contributed by atoms with Crippen molar-refractivity contribution in [2.45, 2.75) is 77.5 Å². The van der Waals surface area contributed by atoms with Gasteiger partial charge in [-0.05, 0) is 74.3 Å². The standard InChI is InChI=1S/C27H39N3O4/c1-5-29-13-10-19(11-14-29)18-6-8-20(9-7-18)25(32)28-21(16-27(2,3)4)26(33)30-15-12-23-24(30)22(31)17-34-23/h6-9,19,21,23-24H,5,10-17H2,1-4H3,(H,28,32)/t21-,23+,24+/m0/s1. The average molecular weight is 470 g/mol. The van der Waals surface area contributed by atoms with E-state index in [1.165, 1.54) is 5.56 Å². The van der Waals surface area contributed by atoms with Crippen LogP contribution in [0.25, 0.3) is 0 Å². The number of nitrogens with one attached hydrogen (secondary N) is 1. The summed E-state index contributed by atoms with van der Waals surface area (Å²) >= 11 is 0. The molecule has 4 rings (SSSR count). The summed E-state index contributed by atoms with van der Waals surface area (Å²) in [6, 6.07) is 6.66. The Morgan fingerprint density at radius 3 is 2.38 bits per heavy atom. The summed E-state index contributed by atoms with van der Waals surface area (Å²) in [5, 5.41) is 2.98. The van der Waals surface area contributed by atoms with Crippen LogP contribution < -0.4 is 5.32 Å². The minimum absolute atomic E-state index is 0.0444. The van der Waals surface area contributed by atoms with E-state index in [0.29, 0.717) is 30.9 Å². The maximum atomic E-state index is 13.5. The Bertz CT molecular complexity index is 899. The molecule has 0 spiro atoms. The number of ether oxygens (including phenoxy) is 1. The quantitative estimate of drug-likeness (QED) is 0.693. The molecule has 0 radical (unpaired) electrons. The molecule has 1 N–H and O–H groups in total. The fourth-order valence-electron chi connectivity index (χ4n) is 5.58. The van der Waals surface area contributed by atoms with Crippen LogP contribution in [0.4, 0.5) is 0 Å². The molecular formula is C27H39N3O4. The predicted octanol–water partition coefficient (Wildman–Crippen LogP) is 2.99. The number of amides is 2. The van der Waals surface area contributed by atoms with Gasteiger partial charge in [0.05, 0.1) is 6.10 Å². The molecule has 0 bridgehead atoms. The summed E-state index contributed by atoms with van der Waals surface area (Å²) < 4.78 is 5.54. The van der Waals surface area contributed by atoms with Gasteiger partial charge in [-0.1, -0.05) is 39.8 Å². The van der Waals surface area contributed by atoms with Gasteiger partial charge in [0, 0.05) is 12.1 Å². The van der Waals surface area contributed by atoms with E-state index in [-0.39, 0.29) is 35.7 Å². The first-order valence-corrected chi connectivity index (χ1v) is 12.7. The molecule has 3 aliphatic rings. The molecule has 3 atom stereocenters. The molecule has 0 aliphatic carbocycles. The molecule has 3 saturated heterocycles. The van der Waals surface area contributed by atoms with Crippen LogP contribution >= 0.6 is 0 Å². The molecule has 3 fully saturated rings. The first kappa shape index (κ1) is 24.9. The van der Waals surface area contributed by atoms with E-state index in [2.05, 4.69) is 50.0 Å². The number of carbonyl (C=O) groups excluding carboxylic acids is 3. The van der Waals surface area contributed by atoms with Crippen molar-refractivity contribution in [2.24, 2.45) is 5.41 Å². The number of fused-ring (bicyclic) bond motifs is 1. The molecule has 1 aromatic carbocycles. The molecule has 2 amide bonds. The van der Waals surface area contributed by atoms with Gasteiger partial charge >= 0.3 is 0 Å². The van der Waals surface area contributed by atoms with Crippen molar-refractivity contribution in [1.82, 2.24) is 15.1 Å². The Morgan fingerprint density at radius 1 is 1.09 bits per heavy atom. The van der Waals surface area contributed by atoms with E-state index in [0.717, 1.165) is 32.5 Å². The number of nitrogens with zero attached hydrogens (tertiary/aromatic N) is 2. The van der Waals surface area contributed by atoms with Gasteiger partial charge in [-0.2, -0.15) is 0 Å². The fraction of sp³-hybridized carbons (Fsp3) is 0.667. The third kappa shape index (κ3) is 5.52. The van der Waals surface area contributed by atoms with Crippen LogP contribution in [0.1, 0.15) is 75.2 Å². The second-order valence-corrected chi connectivity index (χ2v) is 11.2. The number of carbonyl (C=O) groups is 3. The summed E-state index contributed by atoms with van der Waals surface area (Å²) in [5.74, 6) is 0.0510. The molecule has 3 heterocycles. The first-order valence-electron chi connectivity index (χ1n) is 12.7. The third-order valence-corrected chi connectivity index (χ3v) is 7.49. The number of Topliss-reactive ketones (excluding diaryl/α,β-unsaturated/α-hetero) is 1. The van der Waals surface area contributed by atoms with Crippen LogP contribution in [-0.4, -0.2) is 78.4 Å². The van der Waals surface area contributed by atoms with Crippen molar-refractivity contribution >= 4 is 17.6 Å². The van der Waals surface area contributed by atoms with Gasteiger partial charge in [-0.25, -0.2) is 0 Å². The van der Waals surface area contributed by atoms with Gasteiger partial charge in [-0.15, -0.1) is 0 Å². The summed E-state index contributed by atoms with van der Waals surface area (Å²) in [4.78, 5) is 43.0. The van der Waals surface area contributed by atoms with E-state index >= 15 is 0 Å². The van der Waals surface area contributed by atoms with Gasteiger partial charge in [-0.3, -0.25) is 14.4 Å². The normalized spacial score (nSPS) is 24.8. The minimum atomic E-state index is -0.683. The minimum Gasteiger partial charge on any atom is -0.368 e. The number of piperidine rings is 1. The molecule has 0 aromatic heterocycles. The van der Waals surface area contributed by atoms with E-state index in [4.69, 9.17) is 4.74 Å². The zero-order chi connectivity index (χ0) is 24.5. The molecule has 186 valence electrons. The van der Waals surface area contributed by atoms with Crippen LogP contribution in [0.5, 0.6) is 0 Å². The molecule has 0 saturated carbocycles. The van der Waals surface area contributed by atoms with Crippen LogP contribution in [0, 0.1) is 5.41 Å². The number of likely N-dealkylation sites (tertiary alicyclic amines) is 2. The Balaban J connectivity index is 1.43. The number of hydrogen-bond acceptors (Lipinski definition) is 5. The van der Waals surface area contributed by atoms with Gasteiger partial charge in [0.1, 0.15) is 18.7 Å². The molecule has 34 heavy (non-hydrogen) atoms. The lowest BCUT2D eigenvalue weighted by Gasteiger charge is -2.31. The molecule has 0 unspecified atom stereocenters. The predicted molar refractivity (Wildman–Crippen MR) is 131 cm³/mol. The SMILES string of the molecule is CCN1CCC(c2ccc(C(=O)N[C@@H](CC(C)(C)C)C(=O)N3CC[C@H]4OCC(=O)[C@H]43)cc2)CC1. The largest absolute Gasteiger partial charge is 0.368 e. The highest BCUT2D eigenvalue weighted by Crippen LogP contribution is 2.30. The zero-order valence-corrected chi connectivity index (χ0v) is 21.0. The van der Waals surface area contributed by atoms with E-state index in [1.807, 2.05) is 12.1 Å². The monoisotopic (exact) mass is 469 g/mol. The Labute approximate surface area is 203 Å². The van der Waals surface area contributed by atoms with Crippen molar-refractivity contribution in [2.75, 3.05) is 32.8 Å². The lowest BCUT2D eigenvalue weighted by molar-refractivity contribution is -0.138. The van der Waals surface area contributed by atoms with Crippen LogP contribution in [-0.2, 0) is 14.3 Å². The van der Waals surface area contributed by atoms with Gasteiger partial charge in [0.15, 0.2) is 5.78 Å². The summed E-state index contributed by atoms with van der Waals surface area (Å²) in [6.07, 6.45) is 3.23. The van der Waals surface area contributed by atoms with Crippen molar-refractivity contribution in [3.63, 3.8) is 0 Å². The van der Waals surface area contributed by atoms with Crippen molar-refractivity contribution in [3.05, 3.63) is 35.4 Å². The van der Waals surface area contributed by atoms with Crippen molar-refractivity contribution in [1.29, 1.82) is 0 Å². The van der Waals surface area contributed by atoms with Gasteiger partial charge in [0.25, 0.3) is 5.91 Å². The summed E-state index contributed by atoms with van der Waals surface area (Å²) in [6.45, 7) is 12.2. The van der Waals surface area contributed by atoms with Crippen molar-refractivity contribution < 1.29 is 19.1 Å². The lowest BCUT2D eigenvalue weighted by atomic mass is 9.87. The smallest absolute Gasteiger partial charge is 0.251 e. The van der Waals surface area contributed by atoms with Crippen LogP contribution in [0.2, 0.25) is 0 Å². The molecular weight excluding hydrogens is 430 g/mol. The molecule has 7 heteroatoms. The Kier molecular flexibility index (Phi) is 7.43. The lowest BCUT2D eigenvalue weighted by Crippen LogP contribution is -2.53.